The first-order valence-electron chi connectivity index (χ1n) is 12.3. The van der Waals surface area contributed by atoms with Crippen molar-refractivity contribution in [2.45, 2.75) is 49.2 Å². The Morgan fingerprint density at radius 1 is 1.03 bits per heavy atom. The summed E-state index contributed by atoms with van der Waals surface area (Å²) in [5.74, 6) is 0.0893. The Bertz CT molecular complexity index is 1300. The third kappa shape index (κ3) is 5.23. The Morgan fingerprint density at radius 2 is 1.83 bits per heavy atom. The van der Waals surface area contributed by atoms with Gasteiger partial charge in [0.25, 0.3) is 0 Å². The third-order valence-electron chi connectivity index (χ3n) is 7.20. The summed E-state index contributed by atoms with van der Waals surface area (Å²) < 4.78 is 46.5. The van der Waals surface area contributed by atoms with Crippen LogP contribution in [0, 0.1) is 5.82 Å². The predicted octanol–water partition coefficient (Wildman–Crippen LogP) is 3.88. The van der Waals surface area contributed by atoms with E-state index in [1.54, 1.807) is 12.3 Å². The number of halogens is 1. The number of sulfonamides is 1. The first-order valence-corrected chi connectivity index (χ1v) is 13.7. The second-order valence-electron chi connectivity index (χ2n) is 9.36. The maximum atomic E-state index is 13.6. The van der Waals surface area contributed by atoms with E-state index < -0.39 is 15.8 Å². The summed E-state index contributed by atoms with van der Waals surface area (Å²) in [6.07, 6.45) is 4.10. The van der Waals surface area contributed by atoms with Gasteiger partial charge in [-0.2, -0.15) is 4.31 Å². The summed E-state index contributed by atoms with van der Waals surface area (Å²) in [4.78, 5) is 15.3. The molecule has 1 unspecified atom stereocenters. The zero-order valence-corrected chi connectivity index (χ0v) is 20.8. The van der Waals surface area contributed by atoms with E-state index >= 15 is 0 Å². The molecule has 36 heavy (non-hydrogen) atoms. The first-order chi connectivity index (χ1) is 17.4. The Balaban J connectivity index is 1.28. The molecule has 0 saturated carbocycles. The van der Waals surface area contributed by atoms with Crippen LogP contribution in [-0.2, 0) is 27.8 Å². The smallest absolute Gasteiger partial charge is 0.243 e. The molecule has 2 aliphatic rings. The SMILES string of the molecule is O=C(CC1c2ccccc2CCN1C1CCN(S(=O)(=O)c2cccc(F)c2)CC1)NCc1ccco1. The average Bonchev–Trinajstić information content (AvgIpc) is 3.42. The Kier molecular flexibility index (Phi) is 7.22. The number of nitrogens with zero attached hydrogens (tertiary/aromatic N) is 2. The van der Waals surface area contributed by atoms with Crippen molar-refractivity contribution in [2.24, 2.45) is 0 Å². The van der Waals surface area contributed by atoms with Gasteiger partial charge in [0.05, 0.1) is 17.7 Å². The van der Waals surface area contributed by atoms with Crippen molar-refractivity contribution in [3.8, 4) is 0 Å². The lowest BCUT2D eigenvalue weighted by molar-refractivity contribution is -0.123. The van der Waals surface area contributed by atoms with E-state index in [-0.39, 0.29) is 22.9 Å². The van der Waals surface area contributed by atoms with E-state index in [4.69, 9.17) is 4.42 Å². The van der Waals surface area contributed by atoms with E-state index in [1.807, 2.05) is 18.2 Å². The zero-order valence-electron chi connectivity index (χ0n) is 20.0. The highest BCUT2D eigenvalue weighted by Gasteiger charge is 2.37. The van der Waals surface area contributed by atoms with Gasteiger partial charge < -0.3 is 9.73 Å². The van der Waals surface area contributed by atoms with Crippen molar-refractivity contribution < 1.29 is 22.0 Å². The molecular formula is C27H30FN3O4S. The minimum Gasteiger partial charge on any atom is -0.467 e. The number of nitrogens with one attached hydrogen (secondary N) is 1. The number of rotatable bonds is 7. The van der Waals surface area contributed by atoms with Gasteiger partial charge in [-0.05, 0) is 60.7 Å². The molecule has 2 aliphatic heterocycles. The summed E-state index contributed by atoms with van der Waals surface area (Å²) in [5.41, 5.74) is 2.41. The molecule has 5 rings (SSSR count). The molecule has 1 saturated heterocycles. The van der Waals surface area contributed by atoms with Crippen LogP contribution in [0.15, 0.2) is 76.2 Å². The molecule has 3 aromatic rings. The Morgan fingerprint density at radius 3 is 2.58 bits per heavy atom. The molecule has 1 N–H and O–H groups in total. The zero-order chi connectivity index (χ0) is 25.1. The van der Waals surface area contributed by atoms with Crippen LogP contribution < -0.4 is 5.32 Å². The number of carbonyl (C=O) groups is 1. The lowest BCUT2D eigenvalue weighted by Gasteiger charge is -2.45. The molecule has 0 radical (unpaired) electrons. The number of furan rings is 1. The fraction of sp³-hybridized carbons (Fsp3) is 0.370. The van der Waals surface area contributed by atoms with Gasteiger partial charge in [-0.15, -0.1) is 0 Å². The standard InChI is InChI=1S/C27H30FN3O4S/c28-21-6-3-8-24(17-21)36(33,34)30-13-11-22(12-14-30)31-15-10-20-5-1-2-9-25(20)26(31)18-27(32)29-19-23-7-4-16-35-23/h1-9,16-17,22,26H,10-15,18-19H2,(H,29,32). The molecule has 0 spiro atoms. The van der Waals surface area contributed by atoms with Crippen LogP contribution in [0.25, 0.3) is 0 Å². The van der Waals surface area contributed by atoms with E-state index in [1.165, 1.54) is 28.1 Å². The molecule has 9 heteroatoms. The number of carbonyl (C=O) groups excluding carboxylic acids is 1. The average molecular weight is 512 g/mol. The second kappa shape index (κ2) is 10.5. The number of amides is 1. The summed E-state index contributed by atoms with van der Waals surface area (Å²) >= 11 is 0. The highest BCUT2D eigenvalue weighted by Crippen LogP contribution is 2.36. The molecule has 1 aromatic heterocycles. The number of fused-ring (bicyclic) bond motifs is 1. The van der Waals surface area contributed by atoms with Crippen LogP contribution in [-0.4, -0.2) is 49.2 Å². The molecule has 0 aliphatic carbocycles. The molecular weight excluding hydrogens is 481 g/mol. The Labute approximate surface area is 210 Å². The fourth-order valence-electron chi connectivity index (χ4n) is 5.37. The molecule has 0 bridgehead atoms. The van der Waals surface area contributed by atoms with Gasteiger partial charge in [0.15, 0.2) is 0 Å². The number of hydrogen-bond donors (Lipinski definition) is 1. The van der Waals surface area contributed by atoms with Crippen molar-refractivity contribution in [1.29, 1.82) is 0 Å². The maximum absolute atomic E-state index is 13.6. The normalized spacial score (nSPS) is 19.6. The fourth-order valence-corrected chi connectivity index (χ4v) is 6.87. The topological polar surface area (TPSA) is 82.9 Å². The van der Waals surface area contributed by atoms with Crippen LogP contribution in [0.5, 0.6) is 0 Å². The largest absolute Gasteiger partial charge is 0.467 e. The summed E-state index contributed by atoms with van der Waals surface area (Å²) in [6, 6.07) is 17.1. The van der Waals surface area contributed by atoms with Gasteiger partial charge in [0, 0.05) is 38.1 Å². The van der Waals surface area contributed by atoms with Crippen molar-refractivity contribution in [3.05, 3.63) is 89.6 Å². The van der Waals surface area contributed by atoms with Gasteiger partial charge in [0.2, 0.25) is 15.9 Å². The molecule has 1 atom stereocenters. The van der Waals surface area contributed by atoms with Gasteiger partial charge >= 0.3 is 0 Å². The molecule has 3 heterocycles. The summed E-state index contributed by atoms with van der Waals surface area (Å²) in [6.45, 7) is 1.88. The summed E-state index contributed by atoms with van der Waals surface area (Å²) in [5, 5.41) is 2.96. The van der Waals surface area contributed by atoms with Crippen LogP contribution in [0.3, 0.4) is 0 Å². The minimum absolute atomic E-state index is 0.0149. The monoisotopic (exact) mass is 511 g/mol. The van der Waals surface area contributed by atoms with Gasteiger partial charge in [-0.25, -0.2) is 12.8 Å². The quantitative estimate of drug-likeness (QED) is 0.521. The van der Waals surface area contributed by atoms with E-state index in [2.05, 4.69) is 22.3 Å². The summed E-state index contributed by atoms with van der Waals surface area (Å²) in [7, 11) is -3.75. The minimum atomic E-state index is -3.75. The van der Waals surface area contributed by atoms with Gasteiger partial charge in [0.1, 0.15) is 11.6 Å². The number of hydrogen-bond acceptors (Lipinski definition) is 5. The second-order valence-corrected chi connectivity index (χ2v) is 11.3. The highest BCUT2D eigenvalue weighted by atomic mass is 32.2. The van der Waals surface area contributed by atoms with Gasteiger partial charge in [-0.3, -0.25) is 9.69 Å². The van der Waals surface area contributed by atoms with Crippen LogP contribution in [0.2, 0.25) is 0 Å². The van der Waals surface area contributed by atoms with Crippen LogP contribution in [0.4, 0.5) is 4.39 Å². The lowest BCUT2D eigenvalue weighted by Crippen LogP contribution is -2.50. The highest BCUT2D eigenvalue weighted by molar-refractivity contribution is 7.89. The third-order valence-corrected chi connectivity index (χ3v) is 9.09. The number of piperidine rings is 1. The van der Waals surface area contributed by atoms with E-state index in [0.29, 0.717) is 44.7 Å². The predicted molar refractivity (Wildman–Crippen MR) is 133 cm³/mol. The Hall–Kier alpha value is -3.01. The van der Waals surface area contributed by atoms with Gasteiger partial charge in [-0.1, -0.05) is 30.3 Å². The van der Waals surface area contributed by atoms with Crippen LogP contribution >= 0.6 is 0 Å². The molecule has 7 nitrogen and oxygen atoms in total. The van der Waals surface area contributed by atoms with Crippen LogP contribution in [0.1, 0.15) is 42.2 Å². The molecule has 2 aromatic carbocycles. The first kappa shape index (κ1) is 24.7. The van der Waals surface area contributed by atoms with Crippen molar-refractivity contribution in [2.75, 3.05) is 19.6 Å². The lowest BCUT2D eigenvalue weighted by atomic mass is 9.88. The number of benzene rings is 2. The van der Waals surface area contributed by atoms with Crippen molar-refractivity contribution in [1.82, 2.24) is 14.5 Å². The van der Waals surface area contributed by atoms with Crippen molar-refractivity contribution in [3.63, 3.8) is 0 Å². The molecule has 1 fully saturated rings. The maximum Gasteiger partial charge on any atom is 0.243 e. The van der Waals surface area contributed by atoms with E-state index in [0.717, 1.165) is 24.6 Å². The molecule has 190 valence electrons. The molecule has 1 amide bonds. The van der Waals surface area contributed by atoms with E-state index in [9.17, 15) is 17.6 Å². The van der Waals surface area contributed by atoms with Crippen molar-refractivity contribution >= 4 is 15.9 Å².